The Kier molecular flexibility index (Phi) is 10.3. The standard InChI is InChI=1S/C25H32N4O5S2/c1-25(2,3)19-14-26-21(34-19)16-35-22-15-27-24(36-22)28-23(31)17-9-11-18(12-10-17)33-13-7-5-4-6-8-20(30)29-32/h9-12,14-15,32H,4-8,13,16H2,1-3H3,(H,29,30)(H,27,28,31). The molecule has 3 rings (SSSR count). The number of hydrogen-bond acceptors (Lipinski definition) is 9. The van der Waals surface area contributed by atoms with Gasteiger partial charge in [-0.05, 0) is 37.1 Å². The van der Waals surface area contributed by atoms with Gasteiger partial charge >= 0.3 is 0 Å². The quantitative estimate of drug-likeness (QED) is 0.109. The maximum atomic E-state index is 12.6. The molecular weight excluding hydrogens is 500 g/mol. The maximum Gasteiger partial charge on any atom is 0.257 e. The molecule has 0 fully saturated rings. The van der Waals surface area contributed by atoms with E-state index in [1.54, 1.807) is 53.9 Å². The number of aromatic nitrogens is 2. The fourth-order valence-corrected chi connectivity index (χ4v) is 4.82. The van der Waals surface area contributed by atoms with E-state index in [1.807, 2.05) is 0 Å². The summed E-state index contributed by atoms with van der Waals surface area (Å²) in [7, 11) is 0. The topological polar surface area (TPSA) is 127 Å². The number of benzene rings is 1. The minimum Gasteiger partial charge on any atom is -0.494 e. The van der Waals surface area contributed by atoms with Gasteiger partial charge in [0.15, 0.2) is 5.13 Å². The zero-order valence-electron chi connectivity index (χ0n) is 20.7. The first-order chi connectivity index (χ1) is 17.2. The van der Waals surface area contributed by atoms with Crippen LogP contribution in [-0.4, -0.2) is 33.6 Å². The minimum absolute atomic E-state index is 0.0782. The summed E-state index contributed by atoms with van der Waals surface area (Å²) >= 11 is 2.97. The largest absolute Gasteiger partial charge is 0.494 e. The molecule has 11 heteroatoms. The molecular formula is C25H32N4O5S2. The molecule has 2 amide bonds. The Bertz CT molecular complexity index is 1120. The van der Waals surface area contributed by atoms with Crippen LogP contribution in [0.4, 0.5) is 5.13 Å². The van der Waals surface area contributed by atoms with Crippen LogP contribution in [-0.2, 0) is 16.0 Å². The number of ether oxygens (including phenoxy) is 1. The van der Waals surface area contributed by atoms with Crippen LogP contribution in [0, 0.1) is 0 Å². The Morgan fingerprint density at radius 1 is 1.08 bits per heavy atom. The van der Waals surface area contributed by atoms with Gasteiger partial charge < -0.3 is 9.15 Å². The highest BCUT2D eigenvalue weighted by atomic mass is 32.2. The predicted molar refractivity (Wildman–Crippen MR) is 140 cm³/mol. The second-order valence-corrected chi connectivity index (χ2v) is 11.5. The number of carbonyl (C=O) groups excluding carboxylic acids is 2. The van der Waals surface area contributed by atoms with Crippen molar-refractivity contribution in [1.29, 1.82) is 0 Å². The first-order valence-corrected chi connectivity index (χ1v) is 13.6. The average Bonchev–Trinajstić information content (AvgIpc) is 3.52. The molecule has 0 atom stereocenters. The van der Waals surface area contributed by atoms with Gasteiger partial charge in [-0.15, -0.1) is 11.8 Å². The lowest BCUT2D eigenvalue weighted by Crippen LogP contribution is -2.17. The van der Waals surface area contributed by atoms with Crippen LogP contribution in [0.25, 0.3) is 0 Å². The van der Waals surface area contributed by atoms with Crippen molar-refractivity contribution in [3.8, 4) is 5.75 Å². The summed E-state index contributed by atoms with van der Waals surface area (Å²) in [5.41, 5.74) is 2.07. The van der Waals surface area contributed by atoms with E-state index in [2.05, 4.69) is 36.1 Å². The number of carbonyl (C=O) groups is 2. The number of hydrogen-bond donors (Lipinski definition) is 3. The molecule has 36 heavy (non-hydrogen) atoms. The molecule has 3 aromatic rings. The predicted octanol–water partition coefficient (Wildman–Crippen LogP) is 5.81. The summed E-state index contributed by atoms with van der Waals surface area (Å²) < 4.78 is 12.5. The molecule has 9 nitrogen and oxygen atoms in total. The van der Waals surface area contributed by atoms with Crippen LogP contribution >= 0.6 is 23.1 Å². The van der Waals surface area contributed by atoms with Crippen LogP contribution in [0.1, 0.15) is 74.9 Å². The van der Waals surface area contributed by atoms with Crippen molar-refractivity contribution in [3.63, 3.8) is 0 Å². The van der Waals surface area contributed by atoms with Crippen molar-refractivity contribution in [3.05, 3.63) is 53.9 Å². The summed E-state index contributed by atoms with van der Waals surface area (Å²) in [5.74, 6) is 2.21. The van der Waals surface area contributed by atoms with Crippen molar-refractivity contribution < 1.29 is 24.0 Å². The normalized spacial score (nSPS) is 11.3. The van der Waals surface area contributed by atoms with E-state index in [9.17, 15) is 9.59 Å². The molecule has 0 saturated carbocycles. The fraction of sp³-hybridized carbons (Fsp3) is 0.440. The zero-order valence-corrected chi connectivity index (χ0v) is 22.3. The Morgan fingerprint density at radius 2 is 1.83 bits per heavy atom. The molecule has 0 aliphatic carbocycles. The molecule has 0 unspecified atom stereocenters. The van der Waals surface area contributed by atoms with Crippen molar-refractivity contribution in [2.45, 2.75) is 68.3 Å². The third-order valence-electron chi connectivity index (χ3n) is 5.14. The molecule has 0 aliphatic rings. The summed E-state index contributed by atoms with van der Waals surface area (Å²) in [6.45, 7) is 6.80. The zero-order chi connectivity index (χ0) is 26.0. The Labute approximate surface area is 219 Å². The number of thiazole rings is 1. The lowest BCUT2D eigenvalue weighted by molar-refractivity contribution is -0.129. The Hall–Kier alpha value is -2.89. The smallest absolute Gasteiger partial charge is 0.257 e. The summed E-state index contributed by atoms with van der Waals surface area (Å²) in [5, 5.41) is 11.8. The highest BCUT2D eigenvalue weighted by molar-refractivity contribution is 8.00. The van der Waals surface area contributed by atoms with Crippen LogP contribution in [0.3, 0.4) is 0 Å². The van der Waals surface area contributed by atoms with Gasteiger partial charge in [-0.3, -0.25) is 20.1 Å². The van der Waals surface area contributed by atoms with Crippen LogP contribution in [0.2, 0.25) is 0 Å². The number of unbranched alkanes of at least 4 members (excludes halogenated alkanes) is 3. The van der Waals surface area contributed by atoms with E-state index in [0.29, 0.717) is 41.1 Å². The molecule has 0 saturated heterocycles. The summed E-state index contributed by atoms with van der Waals surface area (Å²) in [6, 6.07) is 6.98. The molecule has 1 aromatic carbocycles. The van der Waals surface area contributed by atoms with Crippen LogP contribution in [0.5, 0.6) is 5.75 Å². The van der Waals surface area contributed by atoms with Gasteiger partial charge in [-0.1, -0.05) is 44.9 Å². The summed E-state index contributed by atoms with van der Waals surface area (Å²) in [6.07, 6.45) is 7.25. The lowest BCUT2D eigenvalue weighted by atomic mass is 9.94. The molecule has 3 N–H and O–H groups in total. The number of hydroxylamine groups is 1. The van der Waals surface area contributed by atoms with Gasteiger partial charge in [0.25, 0.3) is 5.91 Å². The average molecular weight is 533 g/mol. The van der Waals surface area contributed by atoms with E-state index in [-0.39, 0.29) is 17.2 Å². The lowest BCUT2D eigenvalue weighted by Gasteiger charge is -2.12. The van der Waals surface area contributed by atoms with E-state index in [0.717, 1.165) is 35.7 Å². The second-order valence-electron chi connectivity index (χ2n) is 9.17. The maximum absolute atomic E-state index is 12.6. The van der Waals surface area contributed by atoms with Crippen molar-refractivity contribution in [2.24, 2.45) is 0 Å². The number of nitrogens with zero attached hydrogens (tertiary/aromatic N) is 2. The molecule has 0 aliphatic heterocycles. The van der Waals surface area contributed by atoms with Crippen molar-refractivity contribution >= 4 is 40.0 Å². The highest BCUT2D eigenvalue weighted by Crippen LogP contribution is 2.32. The Morgan fingerprint density at radius 3 is 2.53 bits per heavy atom. The van der Waals surface area contributed by atoms with Gasteiger partial charge in [-0.2, -0.15) is 0 Å². The van der Waals surface area contributed by atoms with Gasteiger partial charge in [-0.25, -0.2) is 15.4 Å². The number of oxazole rings is 1. The summed E-state index contributed by atoms with van der Waals surface area (Å²) in [4.78, 5) is 32.2. The van der Waals surface area contributed by atoms with Crippen molar-refractivity contribution in [2.75, 3.05) is 11.9 Å². The van der Waals surface area contributed by atoms with Gasteiger partial charge in [0, 0.05) is 17.4 Å². The number of nitrogens with one attached hydrogen (secondary N) is 2. The van der Waals surface area contributed by atoms with Crippen molar-refractivity contribution in [1.82, 2.24) is 15.4 Å². The second kappa shape index (κ2) is 13.4. The molecule has 194 valence electrons. The number of anilines is 1. The Balaban J connectivity index is 1.38. The van der Waals surface area contributed by atoms with E-state index >= 15 is 0 Å². The van der Waals surface area contributed by atoms with Gasteiger partial charge in [0.05, 0.1) is 29.0 Å². The van der Waals surface area contributed by atoms with E-state index < -0.39 is 0 Å². The number of amides is 2. The number of thioether (sulfide) groups is 1. The van der Waals surface area contributed by atoms with Gasteiger partial charge in [0.2, 0.25) is 11.8 Å². The van der Waals surface area contributed by atoms with Gasteiger partial charge in [0.1, 0.15) is 11.5 Å². The fourth-order valence-electron chi connectivity index (χ4n) is 3.10. The first-order valence-electron chi connectivity index (χ1n) is 11.8. The molecule has 0 radical (unpaired) electrons. The first kappa shape index (κ1) is 27.7. The SMILES string of the molecule is CC(C)(C)c1cnc(CSc2cnc(NC(=O)c3ccc(OCCCCCCC(=O)NO)cc3)s2)o1. The van der Waals surface area contributed by atoms with E-state index in [4.69, 9.17) is 14.4 Å². The molecule has 2 aromatic heterocycles. The number of rotatable bonds is 13. The van der Waals surface area contributed by atoms with Crippen LogP contribution in [0.15, 0.2) is 45.3 Å². The highest BCUT2D eigenvalue weighted by Gasteiger charge is 2.19. The third-order valence-corrected chi connectivity index (χ3v) is 7.24. The molecule has 2 heterocycles. The van der Waals surface area contributed by atoms with E-state index in [1.165, 1.54) is 11.3 Å². The van der Waals surface area contributed by atoms with Crippen LogP contribution < -0.4 is 15.5 Å². The minimum atomic E-state index is -0.359. The molecule has 0 spiro atoms. The molecule has 0 bridgehead atoms. The monoisotopic (exact) mass is 532 g/mol. The third kappa shape index (κ3) is 8.96.